The van der Waals surface area contributed by atoms with Gasteiger partial charge < -0.3 is 20.0 Å². The van der Waals surface area contributed by atoms with Gasteiger partial charge in [0.25, 0.3) is 5.91 Å². The van der Waals surface area contributed by atoms with Crippen molar-refractivity contribution >= 4 is 22.6 Å². The molecule has 1 aliphatic rings. The Morgan fingerprint density at radius 2 is 1.74 bits per heavy atom. The second-order valence-electron chi connectivity index (χ2n) is 8.41. The number of hydrogen-bond donors (Lipinski definition) is 2. The Hall–Kier alpha value is -3.19. The average molecular weight is 421 g/mol. The summed E-state index contributed by atoms with van der Waals surface area (Å²) in [5, 5.41) is 21.4. The van der Waals surface area contributed by atoms with Crippen molar-refractivity contribution in [3.63, 3.8) is 0 Å². The van der Waals surface area contributed by atoms with E-state index in [0.717, 1.165) is 22.3 Å². The zero-order valence-electron chi connectivity index (χ0n) is 18.1. The fourth-order valence-corrected chi connectivity index (χ4v) is 3.86. The minimum absolute atomic E-state index is 0.110. The molecule has 0 spiro atoms. The van der Waals surface area contributed by atoms with Gasteiger partial charge in [-0.1, -0.05) is 32.0 Å². The molecule has 2 aromatic carbocycles. The van der Waals surface area contributed by atoms with Crippen molar-refractivity contribution in [1.29, 1.82) is 0 Å². The summed E-state index contributed by atoms with van der Waals surface area (Å²) >= 11 is 0. The number of para-hydroxylation sites is 1. The molecule has 1 saturated heterocycles. The van der Waals surface area contributed by atoms with E-state index in [1.165, 1.54) is 0 Å². The Bertz CT molecular complexity index is 1110. The van der Waals surface area contributed by atoms with Crippen molar-refractivity contribution in [2.75, 3.05) is 31.1 Å². The fraction of sp³-hybridized carbons (Fsp3) is 0.375. The van der Waals surface area contributed by atoms with Gasteiger partial charge in [-0.05, 0) is 42.7 Å². The Kier molecular flexibility index (Phi) is 5.78. The third-order valence-electron chi connectivity index (χ3n) is 5.75. The van der Waals surface area contributed by atoms with Gasteiger partial charge in [0, 0.05) is 31.6 Å². The lowest BCUT2D eigenvalue weighted by molar-refractivity contribution is -0.142. The molecule has 1 atom stereocenters. The smallest absolute Gasteiger partial charge is 0.251 e. The number of aliphatic hydroxyl groups excluding tert-OH is 1. The summed E-state index contributed by atoms with van der Waals surface area (Å²) in [6.07, 6.45) is -0.970. The third kappa shape index (κ3) is 4.18. The van der Waals surface area contributed by atoms with Gasteiger partial charge in [0.15, 0.2) is 5.82 Å². The maximum atomic E-state index is 12.5. The number of fused-ring (bicyclic) bond motifs is 1. The number of phenols is 1. The first-order valence-electron chi connectivity index (χ1n) is 10.6. The van der Waals surface area contributed by atoms with Crippen molar-refractivity contribution in [1.82, 2.24) is 14.9 Å². The van der Waals surface area contributed by atoms with E-state index in [1.807, 2.05) is 45.0 Å². The average Bonchev–Trinajstić information content (AvgIpc) is 2.77. The number of amides is 1. The van der Waals surface area contributed by atoms with Gasteiger partial charge in [-0.2, -0.15) is 0 Å². The van der Waals surface area contributed by atoms with Gasteiger partial charge in [-0.25, -0.2) is 9.97 Å². The molecule has 1 fully saturated rings. The highest BCUT2D eigenvalue weighted by molar-refractivity contribution is 5.92. The molecule has 162 valence electrons. The quantitative estimate of drug-likeness (QED) is 0.675. The van der Waals surface area contributed by atoms with E-state index < -0.39 is 6.10 Å². The molecule has 0 radical (unpaired) electrons. The molecule has 1 aliphatic heterocycles. The largest absolute Gasteiger partial charge is 0.507 e. The number of aromatic hydroxyl groups is 1. The van der Waals surface area contributed by atoms with Crippen LogP contribution in [-0.4, -0.2) is 63.3 Å². The molecule has 7 heteroatoms. The standard InChI is InChI=1S/C24H28N4O3/c1-15(2)21(30)24(31)28-12-10-27(11-13-28)23-17-9-8-16(3)14-19(17)25-22(26-23)18-6-4-5-7-20(18)29/h4-9,14-15,21,29-30H,10-13H2,1-3H3. The van der Waals surface area contributed by atoms with Crippen molar-refractivity contribution in [3.05, 3.63) is 48.0 Å². The van der Waals surface area contributed by atoms with Crippen LogP contribution in [0, 0.1) is 12.8 Å². The number of nitrogens with zero attached hydrogens (tertiary/aromatic N) is 4. The topological polar surface area (TPSA) is 89.8 Å². The molecule has 2 heterocycles. The van der Waals surface area contributed by atoms with Crippen LogP contribution in [0.25, 0.3) is 22.3 Å². The van der Waals surface area contributed by atoms with Gasteiger partial charge in [0.2, 0.25) is 0 Å². The zero-order valence-corrected chi connectivity index (χ0v) is 18.1. The van der Waals surface area contributed by atoms with Crippen LogP contribution < -0.4 is 4.90 Å². The van der Waals surface area contributed by atoms with E-state index in [9.17, 15) is 15.0 Å². The fourth-order valence-electron chi connectivity index (χ4n) is 3.86. The molecule has 4 rings (SSSR count). The van der Waals surface area contributed by atoms with Gasteiger partial charge in [0.05, 0.1) is 11.1 Å². The summed E-state index contributed by atoms with van der Waals surface area (Å²) < 4.78 is 0. The SMILES string of the molecule is Cc1ccc2c(N3CCN(C(=O)C(O)C(C)C)CC3)nc(-c3ccccc3O)nc2c1. The summed E-state index contributed by atoms with van der Waals surface area (Å²) in [6.45, 7) is 7.96. The molecule has 1 amide bonds. The molecule has 31 heavy (non-hydrogen) atoms. The van der Waals surface area contributed by atoms with Gasteiger partial charge in [-0.15, -0.1) is 0 Å². The summed E-state index contributed by atoms with van der Waals surface area (Å²) in [4.78, 5) is 25.9. The summed E-state index contributed by atoms with van der Waals surface area (Å²) in [5.74, 6) is 1.08. The summed E-state index contributed by atoms with van der Waals surface area (Å²) in [7, 11) is 0. The molecule has 1 unspecified atom stereocenters. The molecule has 2 N–H and O–H groups in total. The monoisotopic (exact) mass is 420 g/mol. The Morgan fingerprint density at radius 3 is 2.42 bits per heavy atom. The maximum absolute atomic E-state index is 12.5. The predicted octanol–water partition coefficient (Wildman–Crippen LogP) is 2.98. The second-order valence-corrected chi connectivity index (χ2v) is 8.41. The molecule has 7 nitrogen and oxygen atoms in total. The Balaban J connectivity index is 1.68. The Morgan fingerprint density at radius 1 is 1.03 bits per heavy atom. The number of piperazine rings is 1. The van der Waals surface area contributed by atoms with Crippen LogP contribution >= 0.6 is 0 Å². The Labute approximate surface area is 182 Å². The number of aliphatic hydroxyl groups is 1. The number of carbonyl (C=O) groups is 1. The van der Waals surface area contributed by atoms with Crippen molar-refractivity contribution in [3.8, 4) is 17.1 Å². The lowest BCUT2D eigenvalue weighted by Gasteiger charge is -2.37. The third-order valence-corrected chi connectivity index (χ3v) is 5.75. The highest BCUT2D eigenvalue weighted by atomic mass is 16.3. The van der Waals surface area contributed by atoms with Crippen LogP contribution in [0.2, 0.25) is 0 Å². The van der Waals surface area contributed by atoms with Crippen molar-refractivity contribution in [2.24, 2.45) is 5.92 Å². The number of anilines is 1. The lowest BCUT2D eigenvalue weighted by atomic mass is 10.1. The van der Waals surface area contributed by atoms with Crippen LogP contribution in [0.15, 0.2) is 42.5 Å². The number of aromatic nitrogens is 2. The first-order chi connectivity index (χ1) is 14.8. The molecule has 0 aliphatic carbocycles. The highest BCUT2D eigenvalue weighted by Gasteiger charge is 2.29. The highest BCUT2D eigenvalue weighted by Crippen LogP contribution is 2.32. The van der Waals surface area contributed by atoms with E-state index in [-0.39, 0.29) is 17.6 Å². The molecule has 0 saturated carbocycles. The summed E-state index contributed by atoms with van der Waals surface area (Å²) in [6, 6.07) is 13.1. The van der Waals surface area contributed by atoms with E-state index in [0.29, 0.717) is 37.6 Å². The van der Waals surface area contributed by atoms with Gasteiger partial charge >= 0.3 is 0 Å². The normalized spacial score (nSPS) is 15.5. The first kappa shape index (κ1) is 21.1. The van der Waals surface area contributed by atoms with Crippen LogP contribution in [0.5, 0.6) is 5.75 Å². The molecule has 0 bridgehead atoms. The number of hydrogen-bond acceptors (Lipinski definition) is 6. The van der Waals surface area contributed by atoms with Crippen LogP contribution in [0.1, 0.15) is 19.4 Å². The van der Waals surface area contributed by atoms with Crippen LogP contribution in [-0.2, 0) is 4.79 Å². The number of benzene rings is 2. The van der Waals surface area contributed by atoms with Gasteiger partial charge in [0.1, 0.15) is 17.7 Å². The minimum atomic E-state index is -0.970. The van der Waals surface area contributed by atoms with E-state index in [4.69, 9.17) is 9.97 Å². The van der Waals surface area contributed by atoms with E-state index >= 15 is 0 Å². The first-order valence-corrected chi connectivity index (χ1v) is 10.6. The molecule has 1 aromatic heterocycles. The molecule has 3 aromatic rings. The molecular formula is C24H28N4O3. The van der Waals surface area contributed by atoms with Crippen LogP contribution in [0.4, 0.5) is 5.82 Å². The van der Waals surface area contributed by atoms with Crippen molar-refractivity contribution < 1.29 is 15.0 Å². The second kappa shape index (κ2) is 8.51. The summed E-state index contributed by atoms with van der Waals surface area (Å²) in [5.41, 5.74) is 2.50. The van der Waals surface area contributed by atoms with Crippen molar-refractivity contribution in [2.45, 2.75) is 26.9 Å². The van der Waals surface area contributed by atoms with E-state index in [1.54, 1.807) is 23.1 Å². The molecular weight excluding hydrogens is 392 g/mol. The minimum Gasteiger partial charge on any atom is -0.507 e. The number of carbonyl (C=O) groups excluding carboxylic acids is 1. The number of phenolic OH excluding ortho intramolecular Hbond substituents is 1. The maximum Gasteiger partial charge on any atom is 0.251 e. The lowest BCUT2D eigenvalue weighted by Crippen LogP contribution is -2.52. The van der Waals surface area contributed by atoms with Crippen LogP contribution in [0.3, 0.4) is 0 Å². The predicted molar refractivity (Wildman–Crippen MR) is 121 cm³/mol. The number of rotatable bonds is 4. The van der Waals surface area contributed by atoms with E-state index in [2.05, 4.69) is 4.90 Å². The number of aryl methyl sites for hydroxylation is 1. The van der Waals surface area contributed by atoms with Gasteiger partial charge in [-0.3, -0.25) is 4.79 Å². The zero-order chi connectivity index (χ0) is 22.1.